The van der Waals surface area contributed by atoms with Gasteiger partial charge in [-0.2, -0.15) is 0 Å². The first-order valence-electron chi connectivity index (χ1n) is 6.56. The van der Waals surface area contributed by atoms with E-state index in [0.717, 1.165) is 21.8 Å². The van der Waals surface area contributed by atoms with Gasteiger partial charge in [0.2, 0.25) is 0 Å². The molecule has 116 valence electrons. The molecule has 4 nitrogen and oxygen atoms in total. The Kier molecular flexibility index (Phi) is 5.41. The summed E-state index contributed by atoms with van der Waals surface area (Å²) in [5.74, 6) is -1.27. The lowest BCUT2D eigenvalue weighted by Crippen LogP contribution is -2.46. The number of aliphatic carboxylic acids is 1. The van der Waals surface area contributed by atoms with Crippen LogP contribution in [0.15, 0.2) is 33.6 Å². The van der Waals surface area contributed by atoms with Crippen molar-refractivity contribution in [2.75, 3.05) is 0 Å². The van der Waals surface area contributed by atoms with E-state index in [1.807, 2.05) is 24.3 Å². The van der Waals surface area contributed by atoms with Gasteiger partial charge < -0.3 is 5.11 Å². The highest BCUT2D eigenvalue weighted by molar-refractivity contribution is 9.10. The Hall–Kier alpha value is -1.18. The van der Waals surface area contributed by atoms with Gasteiger partial charge in [-0.25, -0.2) is 4.79 Å². The maximum atomic E-state index is 12.2. The van der Waals surface area contributed by atoms with Crippen LogP contribution in [0.25, 0.3) is 6.08 Å². The van der Waals surface area contributed by atoms with Crippen molar-refractivity contribution in [1.82, 2.24) is 4.90 Å². The van der Waals surface area contributed by atoms with Crippen LogP contribution in [0.3, 0.4) is 0 Å². The van der Waals surface area contributed by atoms with Gasteiger partial charge in [-0.1, -0.05) is 54.1 Å². The van der Waals surface area contributed by atoms with E-state index in [-0.39, 0.29) is 16.1 Å². The van der Waals surface area contributed by atoms with Crippen molar-refractivity contribution < 1.29 is 14.7 Å². The molecule has 1 fully saturated rings. The van der Waals surface area contributed by atoms with Gasteiger partial charge in [0.1, 0.15) is 11.0 Å². The lowest BCUT2D eigenvalue weighted by Gasteiger charge is -2.26. The number of hydrogen-bond donors (Lipinski definition) is 1. The van der Waals surface area contributed by atoms with E-state index in [1.165, 1.54) is 4.90 Å². The summed E-state index contributed by atoms with van der Waals surface area (Å²) in [5.41, 5.74) is 0.902. The summed E-state index contributed by atoms with van der Waals surface area (Å²) < 4.78 is 0.958. The van der Waals surface area contributed by atoms with Crippen LogP contribution < -0.4 is 0 Å². The van der Waals surface area contributed by atoms with Gasteiger partial charge in [-0.3, -0.25) is 9.69 Å². The topological polar surface area (TPSA) is 57.6 Å². The monoisotopic (exact) mass is 399 g/mol. The molecule has 7 heteroatoms. The fourth-order valence-corrected chi connectivity index (χ4v) is 3.70. The molecule has 1 aromatic rings. The van der Waals surface area contributed by atoms with Crippen LogP contribution in [-0.4, -0.2) is 32.2 Å². The van der Waals surface area contributed by atoms with Crippen LogP contribution in [0, 0.1) is 5.92 Å². The standard InChI is InChI=1S/C15H14BrNO3S2/c1-8(2)12(14(18)19)17-13(21)11(22-15(17)20)7-9-3-5-10(16)6-4-9/h3-8,12H,1-2H3,(H,18,19)/t12-/m1/s1. The number of rotatable bonds is 4. The van der Waals surface area contributed by atoms with Crippen LogP contribution in [0.1, 0.15) is 19.4 Å². The molecule has 1 heterocycles. The van der Waals surface area contributed by atoms with Gasteiger partial charge in [0.25, 0.3) is 5.24 Å². The van der Waals surface area contributed by atoms with Crippen molar-refractivity contribution in [1.29, 1.82) is 0 Å². The van der Waals surface area contributed by atoms with Crippen LogP contribution in [0.5, 0.6) is 0 Å². The normalized spacial score (nSPS) is 18.4. The Bertz CT molecular complexity index is 655. The first-order chi connectivity index (χ1) is 10.3. The molecule has 2 rings (SSSR count). The number of benzene rings is 1. The second-order valence-electron chi connectivity index (χ2n) is 5.13. The highest BCUT2D eigenvalue weighted by Gasteiger charge is 2.41. The lowest BCUT2D eigenvalue weighted by molar-refractivity contribution is -0.142. The molecule has 0 aliphatic carbocycles. The van der Waals surface area contributed by atoms with E-state index in [2.05, 4.69) is 15.9 Å². The number of hydrogen-bond acceptors (Lipinski definition) is 4. The summed E-state index contributed by atoms with van der Waals surface area (Å²) in [5, 5.41) is 9.02. The summed E-state index contributed by atoms with van der Waals surface area (Å²) in [6, 6.07) is 6.63. The highest BCUT2D eigenvalue weighted by Crippen LogP contribution is 2.36. The summed E-state index contributed by atoms with van der Waals surface area (Å²) in [7, 11) is 0. The minimum atomic E-state index is -1.05. The van der Waals surface area contributed by atoms with Gasteiger partial charge in [0, 0.05) is 4.47 Å². The van der Waals surface area contributed by atoms with Gasteiger partial charge >= 0.3 is 5.97 Å². The first-order valence-corrected chi connectivity index (χ1v) is 8.58. The van der Waals surface area contributed by atoms with Crippen molar-refractivity contribution in [3.8, 4) is 0 Å². The Labute approximate surface area is 146 Å². The Morgan fingerprint density at radius 2 is 1.95 bits per heavy atom. The largest absolute Gasteiger partial charge is 0.480 e. The van der Waals surface area contributed by atoms with Crippen LogP contribution in [0.2, 0.25) is 0 Å². The van der Waals surface area contributed by atoms with Gasteiger partial charge in [-0.15, -0.1) is 0 Å². The minimum Gasteiger partial charge on any atom is -0.480 e. The Morgan fingerprint density at radius 3 is 2.45 bits per heavy atom. The number of carboxylic acids is 1. The van der Waals surface area contributed by atoms with Gasteiger partial charge in [0.15, 0.2) is 0 Å². The number of carbonyl (C=O) groups is 2. The van der Waals surface area contributed by atoms with E-state index in [0.29, 0.717) is 4.91 Å². The number of halogens is 1. The van der Waals surface area contributed by atoms with E-state index in [4.69, 9.17) is 12.2 Å². The summed E-state index contributed by atoms with van der Waals surface area (Å²) in [4.78, 5) is 25.7. The molecule has 0 spiro atoms. The SMILES string of the molecule is CC(C)[C@H](C(=O)O)N1C(=O)SC(=Cc2ccc(Br)cc2)C1=S. The Morgan fingerprint density at radius 1 is 1.36 bits per heavy atom. The molecule has 1 aliphatic heterocycles. The fourth-order valence-electron chi connectivity index (χ4n) is 2.12. The van der Waals surface area contributed by atoms with Gasteiger partial charge in [-0.05, 0) is 41.5 Å². The minimum absolute atomic E-state index is 0.230. The van der Waals surface area contributed by atoms with Crippen molar-refractivity contribution in [2.45, 2.75) is 19.9 Å². The van der Waals surface area contributed by atoms with E-state index in [1.54, 1.807) is 19.9 Å². The highest BCUT2D eigenvalue weighted by atomic mass is 79.9. The van der Waals surface area contributed by atoms with Crippen LogP contribution >= 0.6 is 39.9 Å². The molecule has 1 atom stereocenters. The number of amides is 1. The number of thioether (sulfide) groups is 1. The molecule has 1 saturated heterocycles. The fraction of sp³-hybridized carbons (Fsp3) is 0.267. The second kappa shape index (κ2) is 6.93. The molecular formula is C15H14BrNO3S2. The van der Waals surface area contributed by atoms with E-state index >= 15 is 0 Å². The zero-order chi connectivity index (χ0) is 16.4. The predicted molar refractivity (Wildman–Crippen MR) is 95.8 cm³/mol. The number of thiocarbonyl (C=S) groups is 1. The summed E-state index contributed by atoms with van der Waals surface area (Å²) in [6.45, 7) is 3.52. The lowest BCUT2D eigenvalue weighted by atomic mass is 10.0. The number of nitrogens with zero attached hydrogens (tertiary/aromatic N) is 1. The van der Waals surface area contributed by atoms with Crippen molar-refractivity contribution >= 4 is 62.2 Å². The zero-order valence-corrected chi connectivity index (χ0v) is 15.2. The molecular weight excluding hydrogens is 386 g/mol. The van der Waals surface area contributed by atoms with Crippen molar-refractivity contribution in [2.24, 2.45) is 5.92 Å². The molecule has 1 amide bonds. The molecule has 1 N–H and O–H groups in total. The van der Waals surface area contributed by atoms with Crippen molar-refractivity contribution in [3.05, 3.63) is 39.2 Å². The molecule has 0 unspecified atom stereocenters. The average molecular weight is 400 g/mol. The van der Waals surface area contributed by atoms with Crippen LogP contribution in [0.4, 0.5) is 4.79 Å². The van der Waals surface area contributed by atoms with E-state index in [9.17, 15) is 14.7 Å². The van der Waals surface area contributed by atoms with Crippen molar-refractivity contribution in [3.63, 3.8) is 0 Å². The first kappa shape index (κ1) is 17.2. The smallest absolute Gasteiger partial charge is 0.327 e. The quantitative estimate of drug-likeness (QED) is 0.600. The third-order valence-corrected chi connectivity index (χ3v) is 5.13. The third-order valence-electron chi connectivity index (χ3n) is 3.15. The molecule has 0 radical (unpaired) electrons. The maximum Gasteiger partial charge on any atom is 0.327 e. The predicted octanol–water partition coefficient (Wildman–Crippen LogP) is 4.40. The van der Waals surface area contributed by atoms with E-state index < -0.39 is 12.0 Å². The summed E-state index contributed by atoms with van der Waals surface area (Å²) in [6.07, 6.45) is 1.80. The number of carboxylic acid groups (broad SMARTS) is 1. The molecule has 0 aromatic heterocycles. The van der Waals surface area contributed by atoms with Gasteiger partial charge in [0.05, 0.1) is 4.91 Å². The maximum absolute atomic E-state index is 12.2. The third kappa shape index (κ3) is 3.59. The average Bonchev–Trinajstić information content (AvgIpc) is 2.69. The molecule has 0 saturated carbocycles. The number of carbonyl (C=O) groups excluding carboxylic acids is 1. The molecule has 22 heavy (non-hydrogen) atoms. The Balaban J connectivity index is 2.32. The molecule has 1 aliphatic rings. The zero-order valence-electron chi connectivity index (χ0n) is 11.9. The molecule has 1 aromatic carbocycles. The molecule has 0 bridgehead atoms. The second-order valence-corrected chi connectivity index (χ2v) is 7.43. The van der Waals surface area contributed by atoms with Crippen LogP contribution in [-0.2, 0) is 4.79 Å². The summed E-state index contributed by atoms with van der Waals surface area (Å²) >= 11 is 9.66.